The number of carbonyl (C=O) groups is 1. The van der Waals surface area contributed by atoms with Crippen molar-refractivity contribution < 1.29 is 9.53 Å². The predicted octanol–water partition coefficient (Wildman–Crippen LogP) is -0.0274. The number of nitrogens with two attached hydrogens (primary N) is 1. The van der Waals surface area contributed by atoms with E-state index in [2.05, 4.69) is 0 Å². The Morgan fingerprint density at radius 2 is 2.00 bits per heavy atom. The lowest BCUT2D eigenvalue weighted by Crippen LogP contribution is -2.55. The molecular weight excluding hydrogens is 180 g/mol. The highest BCUT2D eigenvalue weighted by molar-refractivity contribution is 5.83. The molecule has 0 radical (unpaired) electrons. The van der Waals surface area contributed by atoms with E-state index < -0.39 is 0 Å². The molecule has 2 saturated heterocycles. The maximum atomic E-state index is 12.0. The second kappa shape index (κ2) is 3.51. The summed E-state index contributed by atoms with van der Waals surface area (Å²) in [4.78, 5) is 14.0. The SMILES string of the molecule is CC1(C(=O)N2CCC(N)CC2)COC1. The van der Waals surface area contributed by atoms with Gasteiger partial charge in [-0.25, -0.2) is 0 Å². The van der Waals surface area contributed by atoms with Gasteiger partial charge >= 0.3 is 0 Å². The zero-order valence-electron chi connectivity index (χ0n) is 8.66. The molecule has 0 saturated carbocycles. The molecule has 80 valence electrons. The van der Waals surface area contributed by atoms with Crippen LogP contribution in [0.15, 0.2) is 0 Å². The fourth-order valence-corrected chi connectivity index (χ4v) is 2.02. The van der Waals surface area contributed by atoms with Crippen molar-refractivity contribution >= 4 is 5.91 Å². The Morgan fingerprint density at radius 1 is 1.43 bits per heavy atom. The number of amides is 1. The maximum absolute atomic E-state index is 12.0. The summed E-state index contributed by atoms with van der Waals surface area (Å²) in [5.74, 6) is 0.246. The van der Waals surface area contributed by atoms with E-state index in [4.69, 9.17) is 10.5 Å². The third kappa shape index (κ3) is 1.64. The molecule has 0 aromatic rings. The summed E-state index contributed by atoms with van der Waals surface area (Å²) in [6.45, 7) is 4.77. The van der Waals surface area contributed by atoms with Crippen LogP contribution in [-0.2, 0) is 9.53 Å². The summed E-state index contributed by atoms with van der Waals surface area (Å²) in [6.07, 6.45) is 1.87. The lowest BCUT2D eigenvalue weighted by molar-refractivity contribution is -0.169. The zero-order valence-corrected chi connectivity index (χ0v) is 8.66. The monoisotopic (exact) mass is 198 g/mol. The third-order valence-electron chi connectivity index (χ3n) is 3.18. The minimum atomic E-state index is -0.249. The summed E-state index contributed by atoms with van der Waals surface area (Å²) >= 11 is 0. The first-order valence-corrected chi connectivity index (χ1v) is 5.24. The second-order valence-corrected chi connectivity index (χ2v) is 4.68. The predicted molar refractivity (Wildman–Crippen MR) is 52.7 cm³/mol. The van der Waals surface area contributed by atoms with Gasteiger partial charge in [-0.3, -0.25) is 4.79 Å². The third-order valence-corrected chi connectivity index (χ3v) is 3.18. The van der Waals surface area contributed by atoms with Crippen molar-refractivity contribution in [3.63, 3.8) is 0 Å². The van der Waals surface area contributed by atoms with Crippen molar-refractivity contribution in [3.8, 4) is 0 Å². The number of hydrogen-bond acceptors (Lipinski definition) is 3. The molecule has 2 aliphatic rings. The van der Waals surface area contributed by atoms with Crippen molar-refractivity contribution in [2.24, 2.45) is 11.1 Å². The van der Waals surface area contributed by atoms with Crippen LogP contribution < -0.4 is 5.73 Å². The highest BCUT2D eigenvalue weighted by Crippen LogP contribution is 2.29. The van der Waals surface area contributed by atoms with Gasteiger partial charge in [0.25, 0.3) is 0 Å². The normalized spacial score (nSPS) is 27.1. The summed E-state index contributed by atoms with van der Waals surface area (Å²) in [7, 11) is 0. The largest absolute Gasteiger partial charge is 0.379 e. The van der Waals surface area contributed by atoms with Crippen LogP contribution in [-0.4, -0.2) is 43.2 Å². The molecule has 0 spiro atoms. The molecule has 2 aliphatic heterocycles. The Bertz CT molecular complexity index is 230. The number of nitrogens with zero attached hydrogens (tertiary/aromatic N) is 1. The quantitative estimate of drug-likeness (QED) is 0.644. The van der Waals surface area contributed by atoms with Gasteiger partial charge in [-0.2, -0.15) is 0 Å². The van der Waals surface area contributed by atoms with Crippen LogP contribution in [0.2, 0.25) is 0 Å². The van der Waals surface area contributed by atoms with Gasteiger partial charge in [0.1, 0.15) is 0 Å². The molecule has 2 heterocycles. The van der Waals surface area contributed by atoms with Gasteiger partial charge < -0.3 is 15.4 Å². The first-order chi connectivity index (χ1) is 6.62. The van der Waals surface area contributed by atoms with Crippen molar-refractivity contribution in [1.82, 2.24) is 4.90 Å². The molecule has 4 heteroatoms. The summed E-state index contributed by atoms with van der Waals surface area (Å²) in [5, 5.41) is 0. The summed E-state index contributed by atoms with van der Waals surface area (Å²) < 4.78 is 5.10. The van der Waals surface area contributed by atoms with Gasteiger partial charge in [0.15, 0.2) is 0 Å². The fourth-order valence-electron chi connectivity index (χ4n) is 2.02. The molecule has 0 bridgehead atoms. The Morgan fingerprint density at radius 3 is 2.43 bits per heavy atom. The van der Waals surface area contributed by atoms with Crippen LogP contribution >= 0.6 is 0 Å². The molecule has 2 fully saturated rings. The molecule has 0 atom stereocenters. The average Bonchev–Trinajstić information content (AvgIpc) is 2.14. The van der Waals surface area contributed by atoms with E-state index in [1.165, 1.54) is 0 Å². The fraction of sp³-hybridized carbons (Fsp3) is 0.900. The van der Waals surface area contributed by atoms with Gasteiger partial charge in [0.2, 0.25) is 5.91 Å². The standard InChI is InChI=1S/C10H18N2O2/c1-10(6-14-7-10)9(13)12-4-2-8(11)3-5-12/h8H,2-7,11H2,1H3. The number of hydrogen-bond donors (Lipinski definition) is 1. The first kappa shape index (κ1) is 9.93. The number of likely N-dealkylation sites (tertiary alicyclic amines) is 1. The maximum Gasteiger partial charge on any atom is 0.233 e. The van der Waals surface area contributed by atoms with E-state index in [-0.39, 0.29) is 17.4 Å². The number of ether oxygens (including phenoxy) is 1. The van der Waals surface area contributed by atoms with E-state index in [1.807, 2.05) is 11.8 Å². The van der Waals surface area contributed by atoms with Crippen LogP contribution in [0, 0.1) is 5.41 Å². The van der Waals surface area contributed by atoms with Crippen LogP contribution in [0.4, 0.5) is 0 Å². The van der Waals surface area contributed by atoms with Gasteiger partial charge in [-0.1, -0.05) is 0 Å². The van der Waals surface area contributed by atoms with Crippen molar-refractivity contribution in [3.05, 3.63) is 0 Å². The van der Waals surface area contributed by atoms with Crippen LogP contribution in [0.1, 0.15) is 19.8 Å². The van der Waals surface area contributed by atoms with Gasteiger partial charge in [0, 0.05) is 19.1 Å². The smallest absolute Gasteiger partial charge is 0.233 e. The van der Waals surface area contributed by atoms with E-state index in [9.17, 15) is 4.79 Å². The van der Waals surface area contributed by atoms with Crippen LogP contribution in [0.3, 0.4) is 0 Å². The van der Waals surface area contributed by atoms with E-state index in [0.717, 1.165) is 25.9 Å². The minimum Gasteiger partial charge on any atom is -0.379 e. The average molecular weight is 198 g/mol. The number of carbonyl (C=O) groups excluding carboxylic acids is 1. The Balaban J connectivity index is 1.92. The molecule has 2 rings (SSSR count). The van der Waals surface area contributed by atoms with Crippen molar-refractivity contribution in [1.29, 1.82) is 0 Å². The van der Waals surface area contributed by atoms with Gasteiger partial charge in [-0.05, 0) is 19.8 Å². The highest BCUT2D eigenvalue weighted by atomic mass is 16.5. The Labute approximate surface area is 84.4 Å². The molecule has 4 nitrogen and oxygen atoms in total. The first-order valence-electron chi connectivity index (χ1n) is 5.24. The molecule has 0 aliphatic carbocycles. The lowest BCUT2D eigenvalue weighted by atomic mass is 9.86. The molecule has 0 unspecified atom stereocenters. The molecular formula is C10H18N2O2. The molecule has 1 amide bonds. The van der Waals surface area contributed by atoms with Gasteiger partial charge in [-0.15, -0.1) is 0 Å². The van der Waals surface area contributed by atoms with E-state index in [0.29, 0.717) is 13.2 Å². The molecule has 2 N–H and O–H groups in total. The number of piperidine rings is 1. The lowest BCUT2D eigenvalue weighted by Gasteiger charge is -2.42. The zero-order chi connectivity index (χ0) is 10.2. The van der Waals surface area contributed by atoms with Crippen LogP contribution in [0.25, 0.3) is 0 Å². The summed E-state index contributed by atoms with van der Waals surface area (Å²) in [5.41, 5.74) is 5.54. The molecule has 0 aromatic carbocycles. The Hall–Kier alpha value is -0.610. The highest BCUT2D eigenvalue weighted by Gasteiger charge is 2.43. The van der Waals surface area contributed by atoms with Crippen molar-refractivity contribution in [2.75, 3.05) is 26.3 Å². The summed E-state index contributed by atoms with van der Waals surface area (Å²) in [6, 6.07) is 0.282. The topological polar surface area (TPSA) is 55.6 Å². The van der Waals surface area contributed by atoms with E-state index >= 15 is 0 Å². The number of rotatable bonds is 1. The molecule has 0 aromatic heterocycles. The van der Waals surface area contributed by atoms with E-state index in [1.54, 1.807) is 0 Å². The second-order valence-electron chi connectivity index (χ2n) is 4.68. The molecule has 14 heavy (non-hydrogen) atoms. The van der Waals surface area contributed by atoms with Gasteiger partial charge in [0.05, 0.1) is 18.6 Å². The Kier molecular flexibility index (Phi) is 2.49. The van der Waals surface area contributed by atoms with Crippen molar-refractivity contribution in [2.45, 2.75) is 25.8 Å². The minimum absolute atomic E-state index is 0.246. The van der Waals surface area contributed by atoms with Crippen LogP contribution in [0.5, 0.6) is 0 Å².